The third kappa shape index (κ3) is 33.5. The standard InChI is InChI=1S/C40H70O7/c1-4-5-6-7-8-9-10-13-16-19-22-25-29-37(42)38(43)30-27-32-40(45)47-34-36(41)33-46-39(44)31-26-23-20-17-14-11-12-15-18-21-24-28-35(2)3/h5-6,8-9,13,16,22,25,35-38,41-43H,4,7,10-12,14-15,17-21,23-24,26-34H2,1-3H3/b6-5-,9-8-,16-13-,25-22-/t36-,37+,38+/m1/s1. The van der Waals surface area contributed by atoms with Crippen LogP contribution in [0.1, 0.15) is 156 Å². The third-order valence-electron chi connectivity index (χ3n) is 7.96. The third-order valence-corrected chi connectivity index (χ3v) is 7.96. The largest absolute Gasteiger partial charge is 0.463 e. The molecule has 0 aromatic heterocycles. The van der Waals surface area contributed by atoms with Crippen molar-refractivity contribution in [1.29, 1.82) is 0 Å². The fourth-order valence-electron chi connectivity index (χ4n) is 5.00. The van der Waals surface area contributed by atoms with E-state index in [2.05, 4.69) is 57.2 Å². The molecule has 0 radical (unpaired) electrons. The Bertz CT molecular complexity index is 846. The molecule has 7 heteroatoms. The van der Waals surface area contributed by atoms with Crippen molar-refractivity contribution in [3.8, 4) is 0 Å². The summed E-state index contributed by atoms with van der Waals surface area (Å²) >= 11 is 0. The maximum atomic E-state index is 12.0. The van der Waals surface area contributed by atoms with Gasteiger partial charge in [-0.05, 0) is 57.3 Å². The first-order chi connectivity index (χ1) is 22.8. The van der Waals surface area contributed by atoms with E-state index >= 15 is 0 Å². The van der Waals surface area contributed by atoms with Gasteiger partial charge in [0, 0.05) is 12.8 Å². The van der Waals surface area contributed by atoms with Gasteiger partial charge in [-0.25, -0.2) is 0 Å². The SMILES string of the molecule is CC/C=C\C/C=C\C/C=C\C/C=C\C[C@H](O)[C@@H](O)CCCC(=O)OC[C@H](O)COC(=O)CCCCCCCCCCCCCC(C)C. The summed E-state index contributed by atoms with van der Waals surface area (Å²) in [5.74, 6) is -0.0246. The zero-order valence-corrected chi connectivity index (χ0v) is 30.2. The predicted octanol–water partition coefficient (Wildman–Crippen LogP) is 9.25. The minimum absolute atomic E-state index is 0.0682. The van der Waals surface area contributed by atoms with Gasteiger partial charge in [0.15, 0.2) is 0 Å². The molecule has 272 valence electrons. The number of hydrogen-bond donors (Lipinski definition) is 3. The number of carbonyl (C=O) groups is 2. The first kappa shape index (κ1) is 44.8. The molecule has 0 rings (SSSR count). The van der Waals surface area contributed by atoms with Gasteiger partial charge in [-0.2, -0.15) is 0 Å². The number of allylic oxidation sites excluding steroid dienone is 7. The van der Waals surface area contributed by atoms with Crippen molar-refractivity contribution in [3.63, 3.8) is 0 Å². The molecule has 0 aliphatic heterocycles. The molecule has 0 fully saturated rings. The quantitative estimate of drug-likeness (QED) is 0.0374. The van der Waals surface area contributed by atoms with Crippen LogP contribution in [-0.4, -0.2) is 58.8 Å². The molecule has 0 saturated carbocycles. The second-order valence-corrected chi connectivity index (χ2v) is 13.1. The van der Waals surface area contributed by atoms with Crippen molar-refractivity contribution in [3.05, 3.63) is 48.6 Å². The molecule has 0 saturated heterocycles. The molecule has 3 atom stereocenters. The molecule has 0 heterocycles. The van der Waals surface area contributed by atoms with Crippen molar-refractivity contribution in [2.24, 2.45) is 5.92 Å². The second-order valence-electron chi connectivity index (χ2n) is 13.1. The number of aliphatic hydroxyl groups is 3. The number of hydrogen-bond acceptors (Lipinski definition) is 7. The van der Waals surface area contributed by atoms with E-state index in [1.54, 1.807) is 0 Å². The Balaban J connectivity index is 3.71. The minimum atomic E-state index is -1.07. The predicted molar refractivity (Wildman–Crippen MR) is 194 cm³/mol. The fourth-order valence-corrected chi connectivity index (χ4v) is 5.00. The van der Waals surface area contributed by atoms with Crippen molar-refractivity contribution in [2.75, 3.05) is 13.2 Å². The summed E-state index contributed by atoms with van der Waals surface area (Å²) in [6, 6.07) is 0. The van der Waals surface area contributed by atoms with Crippen LogP contribution in [0.25, 0.3) is 0 Å². The van der Waals surface area contributed by atoms with Crippen LogP contribution in [0.3, 0.4) is 0 Å². The Morgan fingerprint density at radius 2 is 0.957 bits per heavy atom. The number of carbonyl (C=O) groups excluding carboxylic acids is 2. The lowest BCUT2D eigenvalue weighted by Gasteiger charge is -2.16. The van der Waals surface area contributed by atoms with Crippen molar-refractivity contribution < 1.29 is 34.4 Å². The van der Waals surface area contributed by atoms with E-state index in [0.29, 0.717) is 19.3 Å². The van der Waals surface area contributed by atoms with Gasteiger partial charge in [0.1, 0.15) is 19.3 Å². The number of unbranched alkanes of at least 4 members (excludes halogenated alkanes) is 10. The summed E-state index contributed by atoms with van der Waals surface area (Å²) in [4.78, 5) is 23.9. The van der Waals surface area contributed by atoms with Crippen LogP contribution in [-0.2, 0) is 19.1 Å². The van der Waals surface area contributed by atoms with E-state index < -0.39 is 24.3 Å². The van der Waals surface area contributed by atoms with Crippen LogP contribution >= 0.6 is 0 Å². The van der Waals surface area contributed by atoms with Gasteiger partial charge in [0.05, 0.1) is 12.2 Å². The fraction of sp³-hybridized carbons (Fsp3) is 0.750. The van der Waals surface area contributed by atoms with E-state index in [1.165, 1.54) is 57.8 Å². The number of aliphatic hydroxyl groups excluding tert-OH is 3. The molecule has 0 aliphatic carbocycles. The molecule has 47 heavy (non-hydrogen) atoms. The van der Waals surface area contributed by atoms with Crippen LogP contribution in [0.15, 0.2) is 48.6 Å². The highest BCUT2D eigenvalue weighted by molar-refractivity contribution is 5.69. The highest BCUT2D eigenvalue weighted by atomic mass is 16.6. The molecule has 0 aromatic carbocycles. The lowest BCUT2D eigenvalue weighted by atomic mass is 10.0. The molecule has 7 nitrogen and oxygen atoms in total. The second kappa shape index (κ2) is 33.7. The maximum Gasteiger partial charge on any atom is 0.305 e. The molecule has 3 N–H and O–H groups in total. The van der Waals surface area contributed by atoms with Gasteiger partial charge in [-0.3, -0.25) is 9.59 Å². The van der Waals surface area contributed by atoms with E-state index in [9.17, 15) is 24.9 Å². The van der Waals surface area contributed by atoms with Gasteiger partial charge in [-0.1, -0.05) is 140 Å². The average Bonchev–Trinajstić information content (AvgIpc) is 3.05. The average molecular weight is 663 g/mol. The summed E-state index contributed by atoms with van der Waals surface area (Å²) in [6.45, 7) is 6.25. The molecule has 0 unspecified atom stereocenters. The van der Waals surface area contributed by atoms with Crippen LogP contribution in [0.5, 0.6) is 0 Å². The summed E-state index contributed by atoms with van der Waals surface area (Å²) in [6.07, 6.45) is 33.5. The van der Waals surface area contributed by atoms with Crippen LogP contribution in [0.2, 0.25) is 0 Å². The number of ether oxygens (including phenoxy) is 2. The van der Waals surface area contributed by atoms with Gasteiger partial charge in [-0.15, -0.1) is 0 Å². The zero-order chi connectivity index (χ0) is 34.8. The summed E-state index contributed by atoms with van der Waals surface area (Å²) < 4.78 is 10.2. The van der Waals surface area contributed by atoms with Gasteiger partial charge in [0.2, 0.25) is 0 Å². The first-order valence-electron chi connectivity index (χ1n) is 18.7. The Morgan fingerprint density at radius 3 is 1.45 bits per heavy atom. The highest BCUT2D eigenvalue weighted by Gasteiger charge is 2.16. The molecule has 0 bridgehead atoms. The van der Waals surface area contributed by atoms with E-state index in [1.807, 2.05) is 12.2 Å². The van der Waals surface area contributed by atoms with Gasteiger partial charge < -0.3 is 24.8 Å². The molecular weight excluding hydrogens is 592 g/mol. The van der Waals surface area contributed by atoms with Crippen LogP contribution in [0, 0.1) is 5.92 Å². The molecule has 0 spiro atoms. The molecular formula is C40H70O7. The monoisotopic (exact) mass is 663 g/mol. The normalized spacial score (nSPS) is 14.2. The summed E-state index contributed by atoms with van der Waals surface area (Å²) in [7, 11) is 0. The Labute approximate surface area is 287 Å². The Morgan fingerprint density at radius 1 is 0.532 bits per heavy atom. The van der Waals surface area contributed by atoms with E-state index in [4.69, 9.17) is 9.47 Å². The lowest BCUT2D eigenvalue weighted by Crippen LogP contribution is -2.26. The zero-order valence-electron chi connectivity index (χ0n) is 30.2. The Hall–Kier alpha value is -2.22. The summed E-state index contributed by atoms with van der Waals surface area (Å²) in [5.41, 5.74) is 0. The van der Waals surface area contributed by atoms with Crippen molar-refractivity contribution in [2.45, 2.75) is 174 Å². The van der Waals surface area contributed by atoms with Crippen molar-refractivity contribution >= 4 is 11.9 Å². The van der Waals surface area contributed by atoms with E-state index in [0.717, 1.165) is 50.9 Å². The number of rotatable bonds is 32. The van der Waals surface area contributed by atoms with Gasteiger partial charge >= 0.3 is 11.9 Å². The topological polar surface area (TPSA) is 113 Å². The first-order valence-corrected chi connectivity index (χ1v) is 18.7. The van der Waals surface area contributed by atoms with Crippen LogP contribution in [0.4, 0.5) is 0 Å². The molecule has 0 aromatic rings. The van der Waals surface area contributed by atoms with Gasteiger partial charge in [0.25, 0.3) is 0 Å². The smallest absolute Gasteiger partial charge is 0.305 e. The van der Waals surface area contributed by atoms with Crippen LogP contribution < -0.4 is 0 Å². The Kier molecular flexibility index (Phi) is 32.1. The highest BCUT2D eigenvalue weighted by Crippen LogP contribution is 2.14. The minimum Gasteiger partial charge on any atom is -0.463 e. The number of esters is 2. The van der Waals surface area contributed by atoms with Crippen molar-refractivity contribution in [1.82, 2.24) is 0 Å². The van der Waals surface area contributed by atoms with E-state index in [-0.39, 0.29) is 32.0 Å². The summed E-state index contributed by atoms with van der Waals surface area (Å²) in [5, 5.41) is 30.3. The molecule has 0 aliphatic rings. The lowest BCUT2D eigenvalue weighted by molar-refractivity contribution is -0.152. The molecule has 0 amide bonds. The maximum absolute atomic E-state index is 12.0.